The van der Waals surface area contributed by atoms with E-state index in [0.29, 0.717) is 18.7 Å². The lowest BCUT2D eigenvalue weighted by Crippen LogP contribution is -2.54. The summed E-state index contributed by atoms with van der Waals surface area (Å²) in [6.45, 7) is 5.86. The van der Waals surface area contributed by atoms with Crippen LogP contribution in [0.25, 0.3) is 0 Å². The first-order valence-electron chi connectivity index (χ1n) is 8.53. The molecule has 1 aromatic carbocycles. The molecule has 1 aliphatic carbocycles. The van der Waals surface area contributed by atoms with Crippen LogP contribution >= 0.6 is 0 Å². The van der Waals surface area contributed by atoms with Crippen molar-refractivity contribution in [2.24, 2.45) is 5.92 Å². The molecule has 0 saturated heterocycles. The lowest BCUT2D eigenvalue weighted by Gasteiger charge is -2.42. The predicted octanol–water partition coefficient (Wildman–Crippen LogP) is 0.923. The molecule has 140 valence electrons. The van der Waals surface area contributed by atoms with Gasteiger partial charge in [-0.25, -0.2) is 0 Å². The van der Waals surface area contributed by atoms with Gasteiger partial charge in [-0.05, 0) is 43.5 Å². The van der Waals surface area contributed by atoms with Gasteiger partial charge in [0.25, 0.3) is 5.91 Å². The van der Waals surface area contributed by atoms with Crippen LogP contribution in [0.15, 0.2) is 36.9 Å². The summed E-state index contributed by atoms with van der Waals surface area (Å²) in [7, 11) is 0. The fraction of sp³-hybridized carbons (Fsp3) is 0.421. The van der Waals surface area contributed by atoms with E-state index < -0.39 is 5.60 Å². The van der Waals surface area contributed by atoms with E-state index in [2.05, 4.69) is 17.2 Å². The number of esters is 1. The second kappa shape index (κ2) is 8.62. The van der Waals surface area contributed by atoms with Crippen molar-refractivity contribution in [3.8, 4) is 0 Å². The Morgan fingerprint density at radius 3 is 2.50 bits per heavy atom. The summed E-state index contributed by atoms with van der Waals surface area (Å²) in [5.74, 6) is -1.18. The number of hydrogen-bond acceptors (Lipinski definition) is 5. The average Bonchev–Trinajstić information content (AvgIpc) is 2.62. The maximum atomic E-state index is 12.2. The number of rotatable bonds is 8. The van der Waals surface area contributed by atoms with E-state index in [4.69, 9.17) is 4.74 Å². The Morgan fingerprint density at radius 1 is 1.27 bits per heavy atom. The highest BCUT2D eigenvalue weighted by Gasteiger charge is 2.46. The van der Waals surface area contributed by atoms with Crippen LogP contribution in [0.1, 0.15) is 35.7 Å². The first kappa shape index (κ1) is 19.7. The minimum absolute atomic E-state index is 0.0822. The van der Waals surface area contributed by atoms with E-state index in [1.165, 1.54) is 6.08 Å². The monoisotopic (exact) mass is 360 g/mol. The lowest BCUT2D eigenvalue weighted by molar-refractivity contribution is -0.163. The SMILES string of the molecule is C=CC(=O)NCc1ccc(C(=O)NCC2(O)CC(C(=O)OCC)C2)cc1. The normalized spacial score (nSPS) is 21.2. The lowest BCUT2D eigenvalue weighted by atomic mass is 9.71. The summed E-state index contributed by atoms with van der Waals surface area (Å²) in [6.07, 6.45) is 1.77. The van der Waals surface area contributed by atoms with Gasteiger partial charge in [-0.3, -0.25) is 14.4 Å². The summed E-state index contributed by atoms with van der Waals surface area (Å²) in [5.41, 5.74) is 0.238. The standard InChI is InChI=1S/C19H24N2O5/c1-3-16(22)20-11-13-5-7-14(8-6-13)17(23)21-12-19(25)9-15(10-19)18(24)26-4-2/h3,5-8,15,25H,1,4,9-12H2,2H3,(H,20,22)(H,21,23). The molecular formula is C19H24N2O5. The molecule has 0 atom stereocenters. The molecule has 1 aromatic rings. The van der Waals surface area contributed by atoms with Crippen LogP contribution in [0.5, 0.6) is 0 Å². The molecule has 0 aliphatic heterocycles. The smallest absolute Gasteiger partial charge is 0.309 e. The summed E-state index contributed by atoms with van der Waals surface area (Å²) >= 11 is 0. The molecular weight excluding hydrogens is 336 g/mol. The molecule has 2 rings (SSSR count). The van der Waals surface area contributed by atoms with Gasteiger partial charge in [-0.1, -0.05) is 18.7 Å². The number of aliphatic hydroxyl groups is 1. The fourth-order valence-electron chi connectivity index (χ4n) is 2.81. The zero-order chi connectivity index (χ0) is 19.2. The van der Waals surface area contributed by atoms with Gasteiger partial charge in [-0.2, -0.15) is 0 Å². The van der Waals surface area contributed by atoms with Gasteiger partial charge < -0.3 is 20.5 Å². The van der Waals surface area contributed by atoms with Gasteiger partial charge in [0, 0.05) is 18.7 Å². The molecule has 1 aliphatic rings. The van der Waals surface area contributed by atoms with Crippen molar-refractivity contribution in [1.82, 2.24) is 10.6 Å². The summed E-state index contributed by atoms with van der Waals surface area (Å²) < 4.78 is 4.92. The Kier molecular flexibility index (Phi) is 6.52. The highest BCUT2D eigenvalue weighted by molar-refractivity contribution is 5.94. The molecule has 0 aromatic heterocycles. The number of benzene rings is 1. The van der Waals surface area contributed by atoms with Crippen molar-refractivity contribution in [3.05, 3.63) is 48.0 Å². The highest BCUT2D eigenvalue weighted by atomic mass is 16.5. The molecule has 0 spiro atoms. The van der Waals surface area contributed by atoms with Crippen molar-refractivity contribution in [3.63, 3.8) is 0 Å². The van der Waals surface area contributed by atoms with E-state index >= 15 is 0 Å². The average molecular weight is 360 g/mol. The van der Waals surface area contributed by atoms with Crippen molar-refractivity contribution >= 4 is 17.8 Å². The molecule has 0 unspecified atom stereocenters. The largest absolute Gasteiger partial charge is 0.466 e. The van der Waals surface area contributed by atoms with Crippen LogP contribution in [0.4, 0.5) is 0 Å². The van der Waals surface area contributed by atoms with Crippen molar-refractivity contribution in [2.45, 2.75) is 31.9 Å². The Balaban J connectivity index is 1.78. The molecule has 0 bridgehead atoms. The third kappa shape index (κ3) is 5.16. The number of ether oxygens (including phenoxy) is 1. The van der Waals surface area contributed by atoms with Crippen LogP contribution in [0.3, 0.4) is 0 Å². The maximum absolute atomic E-state index is 12.2. The Labute approximate surface area is 152 Å². The molecule has 7 nitrogen and oxygen atoms in total. The molecule has 7 heteroatoms. The molecule has 1 saturated carbocycles. The van der Waals surface area contributed by atoms with Crippen molar-refractivity contribution in [2.75, 3.05) is 13.2 Å². The fourth-order valence-corrected chi connectivity index (χ4v) is 2.81. The van der Waals surface area contributed by atoms with Crippen LogP contribution in [-0.4, -0.2) is 41.6 Å². The Hall–Kier alpha value is -2.67. The first-order valence-corrected chi connectivity index (χ1v) is 8.53. The molecule has 3 N–H and O–H groups in total. The molecule has 2 amide bonds. The van der Waals surface area contributed by atoms with Crippen molar-refractivity contribution in [1.29, 1.82) is 0 Å². The van der Waals surface area contributed by atoms with Crippen LogP contribution in [-0.2, 0) is 20.9 Å². The van der Waals surface area contributed by atoms with Crippen LogP contribution < -0.4 is 10.6 Å². The van der Waals surface area contributed by atoms with Gasteiger partial charge in [0.1, 0.15) is 0 Å². The zero-order valence-corrected chi connectivity index (χ0v) is 14.8. The number of amides is 2. The van der Waals surface area contributed by atoms with Crippen LogP contribution in [0.2, 0.25) is 0 Å². The molecule has 0 radical (unpaired) electrons. The van der Waals surface area contributed by atoms with E-state index in [1.807, 2.05) is 0 Å². The van der Waals surface area contributed by atoms with Crippen LogP contribution in [0, 0.1) is 5.92 Å². The van der Waals surface area contributed by atoms with E-state index in [-0.39, 0.29) is 43.1 Å². The first-order chi connectivity index (χ1) is 12.4. The van der Waals surface area contributed by atoms with E-state index in [1.54, 1.807) is 31.2 Å². The number of carbonyl (C=O) groups is 3. The quantitative estimate of drug-likeness (QED) is 0.472. The highest BCUT2D eigenvalue weighted by Crippen LogP contribution is 2.38. The Bertz CT molecular complexity index is 678. The van der Waals surface area contributed by atoms with Gasteiger partial charge in [-0.15, -0.1) is 0 Å². The maximum Gasteiger partial charge on any atom is 0.309 e. The molecule has 1 fully saturated rings. The van der Waals surface area contributed by atoms with Crippen molar-refractivity contribution < 1.29 is 24.2 Å². The third-order valence-corrected chi connectivity index (χ3v) is 4.32. The molecule has 0 heterocycles. The third-order valence-electron chi connectivity index (χ3n) is 4.32. The van der Waals surface area contributed by atoms with E-state index in [0.717, 1.165) is 5.56 Å². The van der Waals surface area contributed by atoms with Gasteiger partial charge in [0.05, 0.1) is 18.1 Å². The van der Waals surface area contributed by atoms with E-state index in [9.17, 15) is 19.5 Å². The summed E-state index contributed by atoms with van der Waals surface area (Å²) in [6, 6.07) is 6.79. The zero-order valence-electron chi connectivity index (χ0n) is 14.8. The second-order valence-corrected chi connectivity index (χ2v) is 6.38. The second-order valence-electron chi connectivity index (χ2n) is 6.38. The summed E-state index contributed by atoms with van der Waals surface area (Å²) in [4.78, 5) is 34.9. The van der Waals surface area contributed by atoms with Gasteiger partial charge in [0.15, 0.2) is 0 Å². The topological polar surface area (TPSA) is 105 Å². The minimum atomic E-state index is -1.07. The number of nitrogens with one attached hydrogen (secondary N) is 2. The Morgan fingerprint density at radius 2 is 1.92 bits per heavy atom. The number of hydrogen-bond donors (Lipinski definition) is 3. The van der Waals surface area contributed by atoms with Gasteiger partial charge >= 0.3 is 5.97 Å². The number of carbonyl (C=O) groups excluding carboxylic acids is 3. The minimum Gasteiger partial charge on any atom is -0.466 e. The molecule has 26 heavy (non-hydrogen) atoms. The van der Waals surface area contributed by atoms with Gasteiger partial charge in [0.2, 0.25) is 5.91 Å². The predicted molar refractivity (Wildman–Crippen MR) is 95.1 cm³/mol. The summed E-state index contributed by atoms with van der Waals surface area (Å²) in [5, 5.41) is 15.7.